The van der Waals surface area contributed by atoms with E-state index in [1.807, 2.05) is 0 Å². The van der Waals surface area contributed by atoms with Crippen molar-refractivity contribution in [3.8, 4) is 0 Å². The Hall–Kier alpha value is -1.53. The summed E-state index contributed by atoms with van der Waals surface area (Å²) in [5.74, 6) is -0.178. The number of hydrogen-bond acceptors (Lipinski definition) is 5. The van der Waals surface area contributed by atoms with Gasteiger partial charge >= 0.3 is 0 Å². The maximum absolute atomic E-state index is 11.8. The van der Waals surface area contributed by atoms with Crippen LogP contribution in [0.2, 0.25) is 0 Å². The molecule has 1 saturated heterocycles. The van der Waals surface area contributed by atoms with E-state index in [0.717, 1.165) is 26.3 Å². The molecule has 6 heteroatoms. The highest BCUT2D eigenvalue weighted by Gasteiger charge is 2.17. The summed E-state index contributed by atoms with van der Waals surface area (Å²) < 4.78 is 5.30. The van der Waals surface area contributed by atoms with Crippen molar-refractivity contribution >= 4 is 5.91 Å². The molecule has 2 rings (SSSR count). The van der Waals surface area contributed by atoms with E-state index in [1.54, 1.807) is 6.20 Å². The molecule has 1 atom stereocenters. The Morgan fingerprint density at radius 1 is 1.50 bits per heavy atom. The summed E-state index contributed by atoms with van der Waals surface area (Å²) in [5.41, 5.74) is 0.353. The lowest BCUT2D eigenvalue weighted by molar-refractivity contribution is 0.0204. The first-order chi connectivity index (χ1) is 8.77. The SMILES string of the molecule is C[C@@H](CNC(=O)c1cnccn1)N1CCOCC1. The Labute approximate surface area is 106 Å². The number of amides is 1. The van der Waals surface area contributed by atoms with Crippen molar-refractivity contribution in [2.75, 3.05) is 32.8 Å². The van der Waals surface area contributed by atoms with Gasteiger partial charge in [0.05, 0.1) is 19.4 Å². The largest absolute Gasteiger partial charge is 0.379 e. The molecule has 0 unspecified atom stereocenters. The van der Waals surface area contributed by atoms with Crippen molar-refractivity contribution < 1.29 is 9.53 Å². The second-order valence-electron chi connectivity index (χ2n) is 4.30. The van der Waals surface area contributed by atoms with Crippen LogP contribution in [-0.4, -0.2) is 59.7 Å². The molecule has 2 heterocycles. The summed E-state index contributed by atoms with van der Waals surface area (Å²) in [6.45, 7) is 6.08. The fourth-order valence-corrected chi connectivity index (χ4v) is 1.89. The third kappa shape index (κ3) is 3.48. The second-order valence-corrected chi connectivity index (χ2v) is 4.30. The summed E-state index contributed by atoms with van der Waals surface area (Å²) in [6.07, 6.45) is 4.53. The highest BCUT2D eigenvalue weighted by atomic mass is 16.5. The van der Waals surface area contributed by atoms with Crippen molar-refractivity contribution in [1.29, 1.82) is 0 Å². The molecule has 6 nitrogen and oxygen atoms in total. The van der Waals surface area contributed by atoms with Gasteiger partial charge in [0.1, 0.15) is 5.69 Å². The van der Waals surface area contributed by atoms with Crippen LogP contribution in [0.25, 0.3) is 0 Å². The molecule has 1 aromatic heterocycles. The fourth-order valence-electron chi connectivity index (χ4n) is 1.89. The van der Waals surface area contributed by atoms with Gasteiger partial charge in [-0.2, -0.15) is 0 Å². The van der Waals surface area contributed by atoms with E-state index in [-0.39, 0.29) is 5.91 Å². The van der Waals surface area contributed by atoms with Crippen molar-refractivity contribution in [2.24, 2.45) is 0 Å². The highest BCUT2D eigenvalue weighted by molar-refractivity contribution is 5.91. The average Bonchev–Trinajstić information content (AvgIpc) is 2.46. The van der Waals surface area contributed by atoms with E-state index in [0.29, 0.717) is 18.3 Å². The van der Waals surface area contributed by atoms with Crippen molar-refractivity contribution in [3.63, 3.8) is 0 Å². The summed E-state index contributed by atoms with van der Waals surface area (Å²) in [4.78, 5) is 21.9. The predicted octanol–water partition coefficient (Wildman–Crippen LogP) is -0.0729. The van der Waals surface area contributed by atoms with E-state index in [4.69, 9.17) is 4.74 Å². The minimum atomic E-state index is -0.178. The standard InChI is InChI=1S/C12H18N4O2/c1-10(16-4-6-18-7-5-16)8-15-12(17)11-9-13-2-3-14-11/h2-3,9-10H,4-8H2,1H3,(H,15,17)/t10-/m0/s1. The Morgan fingerprint density at radius 2 is 2.28 bits per heavy atom. The lowest BCUT2D eigenvalue weighted by Gasteiger charge is -2.32. The zero-order valence-corrected chi connectivity index (χ0v) is 10.5. The number of morpholine rings is 1. The minimum Gasteiger partial charge on any atom is -0.379 e. The highest BCUT2D eigenvalue weighted by Crippen LogP contribution is 2.02. The zero-order valence-electron chi connectivity index (χ0n) is 10.5. The zero-order chi connectivity index (χ0) is 12.8. The van der Waals surface area contributed by atoms with Crippen LogP contribution >= 0.6 is 0 Å². The molecule has 0 saturated carbocycles. The Morgan fingerprint density at radius 3 is 2.94 bits per heavy atom. The third-order valence-electron chi connectivity index (χ3n) is 3.02. The quantitative estimate of drug-likeness (QED) is 0.810. The fraction of sp³-hybridized carbons (Fsp3) is 0.583. The molecule has 1 aliphatic rings. The first-order valence-corrected chi connectivity index (χ1v) is 6.13. The molecule has 1 fully saturated rings. The smallest absolute Gasteiger partial charge is 0.271 e. The number of ether oxygens (including phenoxy) is 1. The molecule has 1 aromatic rings. The van der Waals surface area contributed by atoms with E-state index in [1.165, 1.54) is 12.4 Å². The maximum atomic E-state index is 11.8. The molecule has 1 aliphatic heterocycles. The molecule has 0 spiro atoms. The number of nitrogens with one attached hydrogen (secondary N) is 1. The Balaban J connectivity index is 1.78. The molecule has 0 bridgehead atoms. The lowest BCUT2D eigenvalue weighted by Crippen LogP contribution is -2.47. The van der Waals surface area contributed by atoms with E-state index < -0.39 is 0 Å². The van der Waals surface area contributed by atoms with Crippen molar-refractivity contribution in [3.05, 3.63) is 24.3 Å². The third-order valence-corrected chi connectivity index (χ3v) is 3.02. The Kier molecular flexibility index (Phi) is 4.60. The summed E-state index contributed by atoms with van der Waals surface area (Å²) >= 11 is 0. The summed E-state index contributed by atoms with van der Waals surface area (Å²) in [7, 11) is 0. The Bertz CT molecular complexity index is 379. The van der Waals surface area contributed by atoms with Crippen molar-refractivity contribution in [2.45, 2.75) is 13.0 Å². The minimum absolute atomic E-state index is 0.178. The number of carbonyl (C=O) groups excluding carboxylic acids is 1. The summed E-state index contributed by atoms with van der Waals surface area (Å²) in [5, 5.41) is 2.87. The van der Waals surface area contributed by atoms with Gasteiger partial charge in [-0.3, -0.25) is 14.7 Å². The number of nitrogens with zero attached hydrogens (tertiary/aromatic N) is 3. The van der Waals surface area contributed by atoms with Crippen LogP contribution in [0.4, 0.5) is 0 Å². The first-order valence-electron chi connectivity index (χ1n) is 6.13. The molecule has 1 amide bonds. The average molecular weight is 250 g/mol. The van der Waals surface area contributed by atoms with E-state index >= 15 is 0 Å². The van der Waals surface area contributed by atoms with Crippen LogP contribution in [0.1, 0.15) is 17.4 Å². The van der Waals surface area contributed by atoms with Gasteiger partial charge < -0.3 is 10.1 Å². The van der Waals surface area contributed by atoms with Crippen LogP contribution in [-0.2, 0) is 4.74 Å². The van der Waals surface area contributed by atoms with Gasteiger partial charge in [-0.25, -0.2) is 4.98 Å². The molecule has 0 aliphatic carbocycles. The van der Waals surface area contributed by atoms with Gasteiger partial charge in [0, 0.05) is 38.1 Å². The predicted molar refractivity (Wildman–Crippen MR) is 66.2 cm³/mol. The lowest BCUT2D eigenvalue weighted by atomic mass is 10.2. The molecule has 98 valence electrons. The summed E-state index contributed by atoms with van der Waals surface area (Å²) in [6, 6.07) is 0.300. The molecular weight excluding hydrogens is 232 g/mol. The first kappa shape index (κ1) is 12.9. The molecular formula is C12H18N4O2. The van der Waals surface area contributed by atoms with Crippen molar-refractivity contribution in [1.82, 2.24) is 20.2 Å². The normalized spacial score (nSPS) is 18.3. The molecule has 0 aromatic carbocycles. The van der Waals surface area contributed by atoms with E-state index in [2.05, 4.69) is 27.1 Å². The monoisotopic (exact) mass is 250 g/mol. The van der Waals surface area contributed by atoms with Gasteiger partial charge in [0.25, 0.3) is 5.91 Å². The van der Waals surface area contributed by atoms with E-state index in [9.17, 15) is 4.79 Å². The number of hydrogen-bond donors (Lipinski definition) is 1. The van der Waals surface area contributed by atoms with Crippen LogP contribution in [0, 0.1) is 0 Å². The van der Waals surface area contributed by atoms with Gasteiger partial charge in [0.2, 0.25) is 0 Å². The molecule has 0 radical (unpaired) electrons. The van der Waals surface area contributed by atoms with Gasteiger partial charge in [-0.15, -0.1) is 0 Å². The van der Waals surface area contributed by atoms with Gasteiger partial charge in [-0.1, -0.05) is 0 Å². The van der Waals surface area contributed by atoms with Crippen LogP contribution in [0.15, 0.2) is 18.6 Å². The number of carbonyl (C=O) groups is 1. The number of rotatable bonds is 4. The molecule has 1 N–H and O–H groups in total. The second kappa shape index (κ2) is 6.42. The maximum Gasteiger partial charge on any atom is 0.271 e. The van der Waals surface area contributed by atoms with Crippen LogP contribution in [0.5, 0.6) is 0 Å². The van der Waals surface area contributed by atoms with Gasteiger partial charge in [0.15, 0.2) is 0 Å². The van der Waals surface area contributed by atoms with Crippen LogP contribution < -0.4 is 5.32 Å². The van der Waals surface area contributed by atoms with Crippen LogP contribution in [0.3, 0.4) is 0 Å². The number of aromatic nitrogens is 2. The topological polar surface area (TPSA) is 67.4 Å². The molecule has 18 heavy (non-hydrogen) atoms. The van der Waals surface area contributed by atoms with Gasteiger partial charge in [-0.05, 0) is 6.92 Å².